The van der Waals surface area contributed by atoms with Crippen molar-refractivity contribution in [1.29, 1.82) is 0 Å². The third kappa shape index (κ3) is 4.06. The lowest BCUT2D eigenvalue weighted by atomic mass is 10.2. The van der Waals surface area contributed by atoms with Gasteiger partial charge >= 0.3 is 0 Å². The van der Waals surface area contributed by atoms with Gasteiger partial charge in [0.25, 0.3) is 0 Å². The molecule has 92 valence electrons. The minimum absolute atomic E-state index is 0.668. The molecule has 1 fully saturated rings. The maximum absolute atomic E-state index is 6.01. The number of nitrogens with one attached hydrogen (secondary N) is 1. The molecule has 0 aromatic heterocycles. The van der Waals surface area contributed by atoms with Gasteiger partial charge in [-0.1, -0.05) is 17.7 Å². The van der Waals surface area contributed by atoms with Gasteiger partial charge in [-0.25, -0.2) is 0 Å². The first-order valence-corrected chi connectivity index (χ1v) is 6.43. The molecule has 1 saturated carbocycles. The molecular formula is C14H18ClNO. The average molecular weight is 252 g/mol. The van der Waals surface area contributed by atoms with E-state index in [0.29, 0.717) is 12.6 Å². The summed E-state index contributed by atoms with van der Waals surface area (Å²) in [6, 6.07) is 6.47. The van der Waals surface area contributed by atoms with Gasteiger partial charge in [0.05, 0.1) is 6.61 Å². The Morgan fingerprint density at radius 3 is 3.00 bits per heavy atom. The van der Waals surface area contributed by atoms with Gasteiger partial charge in [-0.3, -0.25) is 0 Å². The minimum Gasteiger partial charge on any atom is -0.493 e. The van der Waals surface area contributed by atoms with E-state index in [1.165, 1.54) is 12.8 Å². The molecule has 1 aliphatic rings. The molecule has 1 aliphatic carbocycles. The van der Waals surface area contributed by atoms with Gasteiger partial charge in [0.1, 0.15) is 5.75 Å². The largest absolute Gasteiger partial charge is 0.493 e. The van der Waals surface area contributed by atoms with Crippen LogP contribution in [0.3, 0.4) is 0 Å². The Bertz CT molecular complexity index is 388. The van der Waals surface area contributed by atoms with E-state index >= 15 is 0 Å². The second-order valence-electron chi connectivity index (χ2n) is 4.33. The predicted molar refractivity (Wildman–Crippen MR) is 71.6 cm³/mol. The maximum atomic E-state index is 6.01. The fraction of sp³-hybridized carbons (Fsp3) is 0.429. The quantitative estimate of drug-likeness (QED) is 0.591. The highest BCUT2D eigenvalue weighted by atomic mass is 35.5. The lowest BCUT2D eigenvalue weighted by Crippen LogP contribution is -2.16. The van der Waals surface area contributed by atoms with Crippen LogP contribution >= 0.6 is 11.6 Å². The molecular weight excluding hydrogens is 234 g/mol. The second kappa shape index (κ2) is 6.08. The highest BCUT2D eigenvalue weighted by Crippen LogP contribution is 2.25. The molecule has 0 radical (unpaired) electrons. The van der Waals surface area contributed by atoms with E-state index in [4.69, 9.17) is 16.3 Å². The number of benzene rings is 1. The molecule has 17 heavy (non-hydrogen) atoms. The number of ether oxygens (including phenoxy) is 1. The first kappa shape index (κ1) is 12.5. The van der Waals surface area contributed by atoms with E-state index in [1.54, 1.807) is 0 Å². The van der Waals surface area contributed by atoms with Crippen LogP contribution < -0.4 is 10.1 Å². The van der Waals surface area contributed by atoms with Crippen molar-refractivity contribution in [2.75, 3.05) is 6.61 Å². The zero-order chi connectivity index (χ0) is 12.1. The van der Waals surface area contributed by atoms with Crippen LogP contribution in [0.4, 0.5) is 0 Å². The monoisotopic (exact) mass is 251 g/mol. The summed E-state index contributed by atoms with van der Waals surface area (Å²) >= 11 is 6.01. The lowest BCUT2D eigenvalue weighted by molar-refractivity contribution is 0.320. The molecule has 0 bridgehead atoms. The van der Waals surface area contributed by atoms with Gasteiger partial charge in [-0.05, 0) is 37.5 Å². The van der Waals surface area contributed by atoms with Gasteiger partial charge in [0.2, 0.25) is 0 Å². The smallest absolute Gasteiger partial charge is 0.123 e. The summed E-state index contributed by atoms with van der Waals surface area (Å²) in [5, 5.41) is 4.23. The SMILES string of the molecule is C=CCCOc1ccc(Cl)cc1CNC1CC1. The van der Waals surface area contributed by atoms with Crippen LogP contribution in [0.2, 0.25) is 5.02 Å². The van der Waals surface area contributed by atoms with Crippen molar-refractivity contribution >= 4 is 11.6 Å². The van der Waals surface area contributed by atoms with E-state index in [2.05, 4.69) is 11.9 Å². The molecule has 1 aromatic carbocycles. The molecule has 1 aromatic rings. The summed E-state index contributed by atoms with van der Waals surface area (Å²) in [5.74, 6) is 0.921. The van der Waals surface area contributed by atoms with Crippen molar-refractivity contribution in [3.8, 4) is 5.75 Å². The molecule has 3 heteroatoms. The van der Waals surface area contributed by atoms with Gasteiger partial charge in [-0.15, -0.1) is 6.58 Å². The van der Waals surface area contributed by atoms with Crippen LogP contribution in [0.5, 0.6) is 5.75 Å². The van der Waals surface area contributed by atoms with Crippen molar-refractivity contribution in [3.63, 3.8) is 0 Å². The summed E-state index contributed by atoms with van der Waals surface area (Å²) in [7, 11) is 0. The number of halogens is 1. The van der Waals surface area contributed by atoms with Crippen molar-refractivity contribution in [1.82, 2.24) is 5.32 Å². The van der Waals surface area contributed by atoms with Crippen LogP contribution in [-0.2, 0) is 6.54 Å². The number of hydrogen-bond donors (Lipinski definition) is 1. The zero-order valence-electron chi connectivity index (χ0n) is 9.92. The third-order valence-electron chi connectivity index (χ3n) is 2.76. The van der Waals surface area contributed by atoms with Gasteiger partial charge in [-0.2, -0.15) is 0 Å². The third-order valence-corrected chi connectivity index (χ3v) is 3.00. The zero-order valence-corrected chi connectivity index (χ0v) is 10.7. The summed E-state index contributed by atoms with van der Waals surface area (Å²) in [4.78, 5) is 0. The van der Waals surface area contributed by atoms with Crippen molar-refractivity contribution < 1.29 is 4.74 Å². The molecule has 0 saturated heterocycles. The van der Waals surface area contributed by atoms with Gasteiger partial charge in [0.15, 0.2) is 0 Å². The number of rotatable bonds is 7. The fourth-order valence-electron chi connectivity index (χ4n) is 1.62. The normalized spacial score (nSPS) is 14.6. The molecule has 1 N–H and O–H groups in total. The second-order valence-corrected chi connectivity index (χ2v) is 4.77. The molecule has 0 unspecified atom stereocenters. The van der Waals surface area contributed by atoms with E-state index < -0.39 is 0 Å². The Kier molecular flexibility index (Phi) is 4.46. The van der Waals surface area contributed by atoms with E-state index in [9.17, 15) is 0 Å². The first-order valence-electron chi connectivity index (χ1n) is 6.05. The summed E-state index contributed by atoms with van der Waals surface area (Å²) < 4.78 is 5.72. The minimum atomic E-state index is 0.668. The molecule has 0 amide bonds. The standard InChI is InChI=1S/C14H18ClNO/c1-2-3-8-17-14-7-4-12(15)9-11(14)10-16-13-5-6-13/h2,4,7,9,13,16H,1,3,5-6,8,10H2. The van der Waals surface area contributed by atoms with E-state index in [-0.39, 0.29) is 0 Å². The number of hydrogen-bond acceptors (Lipinski definition) is 2. The lowest BCUT2D eigenvalue weighted by Gasteiger charge is -2.12. The highest BCUT2D eigenvalue weighted by Gasteiger charge is 2.20. The molecule has 2 nitrogen and oxygen atoms in total. The molecule has 0 heterocycles. The predicted octanol–water partition coefficient (Wildman–Crippen LogP) is 3.55. The first-order chi connectivity index (χ1) is 8.29. The Hall–Kier alpha value is -0.990. The average Bonchev–Trinajstić information content (AvgIpc) is 3.13. The van der Waals surface area contributed by atoms with Crippen LogP contribution in [0.25, 0.3) is 0 Å². The molecule has 0 atom stereocenters. The Balaban J connectivity index is 1.97. The highest BCUT2D eigenvalue weighted by molar-refractivity contribution is 6.30. The van der Waals surface area contributed by atoms with Crippen molar-refractivity contribution in [2.45, 2.75) is 31.8 Å². The van der Waals surface area contributed by atoms with Crippen LogP contribution in [0, 0.1) is 0 Å². The summed E-state index contributed by atoms with van der Waals surface area (Å²) in [6.45, 7) is 5.18. The molecule has 2 rings (SSSR count). The Morgan fingerprint density at radius 2 is 2.29 bits per heavy atom. The molecule has 0 spiro atoms. The van der Waals surface area contributed by atoms with Crippen LogP contribution in [0.15, 0.2) is 30.9 Å². The Morgan fingerprint density at radius 1 is 1.47 bits per heavy atom. The van der Waals surface area contributed by atoms with Gasteiger partial charge in [0, 0.05) is 23.2 Å². The van der Waals surface area contributed by atoms with Crippen molar-refractivity contribution in [2.24, 2.45) is 0 Å². The molecule has 0 aliphatic heterocycles. The fourth-order valence-corrected chi connectivity index (χ4v) is 1.82. The van der Waals surface area contributed by atoms with Gasteiger partial charge < -0.3 is 10.1 Å². The van der Waals surface area contributed by atoms with Crippen molar-refractivity contribution in [3.05, 3.63) is 41.4 Å². The Labute approximate surface area is 108 Å². The summed E-state index contributed by atoms with van der Waals surface area (Å²) in [5.41, 5.74) is 1.13. The summed E-state index contributed by atoms with van der Waals surface area (Å²) in [6.07, 6.45) is 5.29. The van der Waals surface area contributed by atoms with E-state index in [1.807, 2.05) is 24.3 Å². The van der Waals surface area contributed by atoms with Crippen LogP contribution in [-0.4, -0.2) is 12.6 Å². The maximum Gasteiger partial charge on any atom is 0.123 e. The topological polar surface area (TPSA) is 21.3 Å². The van der Waals surface area contributed by atoms with Crippen LogP contribution in [0.1, 0.15) is 24.8 Å². The van der Waals surface area contributed by atoms with E-state index in [0.717, 1.165) is 29.3 Å².